The van der Waals surface area contributed by atoms with Crippen molar-refractivity contribution in [2.45, 2.75) is 6.54 Å². The van der Waals surface area contributed by atoms with Crippen molar-refractivity contribution in [3.05, 3.63) is 65.2 Å². The van der Waals surface area contributed by atoms with Crippen molar-refractivity contribution in [2.75, 3.05) is 0 Å². The Bertz CT molecular complexity index is 829. The molecule has 0 spiro atoms. The van der Waals surface area contributed by atoms with Gasteiger partial charge in [0.1, 0.15) is 11.6 Å². The number of halogens is 2. The van der Waals surface area contributed by atoms with Crippen LogP contribution in [-0.4, -0.2) is 20.2 Å². The summed E-state index contributed by atoms with van der Waals surface area (Å²) in [6.45, 7) is 0.238. The molecule has 3 rings (SSSR count). The molecule has 0 aliphatic heterocycles. The summed E-state index contributed by atoms with van der Waals surface area (Å²) in [5, 5.41) is 19.7. The molecule has 0 saturated carbocycles. The maximum atomic E-state index is 13.8. The van der Waals surface area contributed by atoms with Crippen molar-refractivity contribution in [3.63, 3.8) is 0 Å². The molecular weight excluding hydrogens is 288 g/mol. The van der Waals surface area contributed by atoms with Crippen LogP contribution < -0.4 is 0 Å². The third kappa shape index (κ3) is 2.54. The molecule has 0 bridgehead atoms. The second kappa shape index (κ2) is 5.69. The molecule has 5 nitrogen and oxygen atoms in total. The molecule has 0 radical (unpaired) electrons. The van der Waals surface area contributed by atoms with Gasteiger partial charge in [-0.25, -0.2) is 13.5 Å². The third-order valence-electron chi connectivity index (χ3n) is 3.13. The molecule has 2 aromatic carbocycles. The largest absolute Gasteiger partial charge is 0.221 e. The highest BCUT2D eigenvalue weighted by Gasteiger charge is 2.18. The SMILES string of the molecule is N#Cc1ccc(Cn2nnnc2-c2c(F)cccc2F)cc1. The summed E-state index contributed by atoms with van der Waals surface area (Å²) in [5.74, 6) is -1.44. The van der Waals surface area contributed by atoms with Crippen molar-refractivity contribution in [2.24, 2.45) is 0 Å². The zero-order valence-electron chi connectivity index (χ0n) is 11.2. The van der Waals surface area contributed by atoms with Gasteiger partial charge in [0.05, 0.1) is 23.7 Å². The maximum Gasteiger partial charge on any atom is 0.188 e. The minimum absolute atomic E-state index is 0.0139. The average molecular weight is 297 g/mol. The molecule has 0 saturated heterocycles. The lowest BCUT2D eigenvalue weighted by Gasteiger charge is -2.06. The molecule has 108 valence electrons. The number of tetrazole rings is 1. The second-order valence-electron chi connectivity index (χ2n) is 4.57. The van der Waals surface area contributed by atoms with Crippen LogP contribution in [0, 0.1) is 23.0 Å². The quantitative estimate of drug-likeness (QED) is 0.745. The topological polar surface area (TPSA) is 67.4 Å². The van der Waals surface area contributed by atoms with Gasteiger partial charge in [0.25, 0.3) is 0 Å². The molecule has 3 aromatic rings. The predicted molar refractivity (Wildman–Crippen MR) is 73.4 cm³/mol. The fourth-order valence-corrected chi connectivity index (χ4v) is 2.06. The first-order chi connectivity index (χ1) is 10.7. The minimum atomic E-state index is -0.726. The summed E-state index contributed by atoms with van der Waals surface area (Å²) >= 11 is 0. The summed E-state index contributed by atoms with van der Waals surface area (Å²) in [5.41, 5.74) is 1.08. The Hall–Kier alpha value is -3.14. The lowest BCUT2D eigenvalue weighted by atomic mass is 10.1. The van der Waals surface area contributed by atoms with E-state index in [4.69, 9.17) is 5.26 Å². The molecule has 0 atom stereocenters. The predicted octanol–water partition coefficient (Wildman–Crippen LogP) is 2.54. The van der Waals surface area contributed by atoms with Crippen LogP contribution in [0.2, 0.25) is 0 Å². The van der Waals surface area contributed by atoms with E-state index >= 15 is 0 Å². The Balaban J connectivity index is 1.97. The number of hydrogen-bond donors (Lipinski definition) is 0. The van der Waals surface area contributed by atoms with Crippen LogP contribution in [0.3, 0.4) is 0 Å². The molecule has 0 N–H and O–H groups in total. The molecule has 1 aromatic heterocycles. The van der Waals surface area contributed by atoms with E-state index in [-0.39, 0.29) is 17.9 Å². The number of benzene rings is 2. The average Bonchev–Trinajstić information content (AvgIpc) is 2.96. The van der Waals surface area contributed by atoms with E-state index in [0.29, 0.717) is 5.56 Å². The molecule has 0 aliphatic carbocycles. The Morgan fingerprint density at radius 2 is 1.73 bits per heavy atom. The molecular formula is C15H9F2N5. The second-order valence-corrected chi connectivity index (χ2v) is 4.57. The van der Waals surface area contributed by atoms with Gasteiger partial charge in [-0.2, -0.15) is 5.26 Å². The summed E-state index contributed by atoms with van der Waals surface area (Å²) in [4.78, 5) is 0. The van der Waals surface area contributed by atoms with Crippen LogP contribution in [0.15, 0.2) is 42.5 Å². The zero-order chi connectivity index (χ0) is 15.5. The van der Waals surface area contributed by atoms with E-state index in [0.717, 1.165) is 17.7 Å². The summed E-state index contributed by atoms with van der Waals surface area (Å²) in [6.07, 6.45) is 0. The fraction of sp³-hybridized carbons (Fsp3) is 0.0667. The maximum absolute atomic E-state index is 13.8. The highest BCUT2D eigenvalue weighted by molar-refractivity contribution is 5.56. The van der Waals surface area contributed by atoms with E-state index < -0.39 is 11.6 Å². The van der Waals surface area contributed by atoms with E-state index in [2.05, 4.69) is 15.5 Å². The Morgan fingerprint density at radius 3 is 2.36 bits per heavy atom. The number of nitrogens with zero attached hydrogens (tertiary/aromatic N) is 5. The molecule has 1 heterocycles. The van der Waals surface area contributed by atoms with E-state index in [9.17, 15) is 8.78 Å². The minimum Gasteiger partial charge on any atom is -0.221 e. The van der Waals surface area contributed by atoms with Gasteiger partial charge in [0, 0.05) is 0 Å². The Kier molecular flexibility index (Phi) is 3.58. The summed E-state index contributed by atoms with van der Waals surface area (Å²) < 4.78 is 29.0. The van der Waals surface area contributed by atoms with Crippen molar-refractivity contribution in [1.29, 1.82) is 5.26 Å². The van der Waals surface area contributed by atoms with Crippen molar-refractivity contribution >= 4 is 0 Å². The highest BCUT2D eigenvalue weighted by Crippen LogP contribution is 2.23. The van der Waals surface area contributed by atoms with Crippen LogP contribution in [0.25, 0.3) is 11.4 Å². The highest BCUT2D eigenvalue weighted by atomic mass is 19.1. The molecule has 7 heteroatoms. The van der Waals surface area contributed by atoms with Gasteiger partial charge < -0.3 is 0 Å². The molecule has 0 fully saturated rings. The fourth-order valence-electron chi connectivity index (χ4n) is 2.06. The lowest BCUT2D eigenvalue weighted by Crippen LogP contribution is -2.06. The van der Waals surface area contributed by atoms with Crippen molar-refractivity contribution in [1.82, 2.24) is 20.2 Å². The van der Waals surface area contributed by atoms with E-state index in [1.165, 1.54) is 10.7 Å². The number of aromatic nitrogens is 4. The number of rotatable bonds is 3. The van der Waals surface area contributed by atoms with Gasteiger partial charge >= 0.3 is 0 Å². The van der Waals surface area contributed by atoms with Gasteiger partial charge in [0.2, 0.25) is 0 Å². The number of nitriles is 1. The van der Waals surface area contributed by atoms with Crippen LogP contribution in [0.4, 0.5) is 8.78 Å². The Labute approximate surface area is 124 Å². The molecule has 0 aliphatic rings. The normalized spacial score (nSPS) is 10.4. The van der Waals surface area contributed by atoms with Crippen LogP contribution in [-0.2, 0) is 6.54 Å². The third-order valence-corrected chi connectivity index (χ3v) is 3.13. The van der Waals surface area contributed by atoms with E-state index in [1.807, 2.05) is 6.07 Å². The van der Waals surface area contributed by atoms with Gasteiger partial charge in [-0.15, -0.1) is 5.10 Å². The van der Waals surface area contributed by atoms with Crippen LogP contribution in [0.1, 0.15) is 11.1 Å². The lowest BCUT2D eigenvalue weighted by molar-refractivity contribution is 0.580. The standard InChI is InChI=1S/C15H9F2N5/c16-12-2-1-3-13(17)14(12)15-19-20-21-22(15)9-11-6-4-10(8-18)5-7-11/h1-7H,9H2. The smallest absolute Gasteiger partial charge is 0.188 e. The summed E-state index contributed by atoms with van der Waals surface area (Å²) in [7, 11) is 0. The number of hydrogen-bond acceptors (Lipinski definition) is 4. The Morgan fingerprint density at radius 1 is 1.05 bits per heavy atom. The van der Waals surface area contributed by atoms with Gasteiger partial charge in [-0.05, 0) is 40.3 Å². The van der Waals surface area contributed by atoms with Gasteiger partial charge in [-0.1, -0.05) is 18.2 Å². The van der Waals surface area contributed by atoms with Crippen LogP contribution >= 0.6 is 0 Å². The van der Waals surface area contributed by atoms with E-state index in [1.54, 1.807) is 24.3 Å². The summed E-state index contributed by atoms with van der Waals surface area (Å²) in [6, 6.07) is 12.4. The van der Waals surface area contributed by atoms with Crippen LogP contribution in [0.5, 0.6) is 0 Å². The first kappa shape index (κ1) is 13.8. The molecule has 0 amide bonds. The molecule has 22 heavy (non-hydrogen) atoms. The first-order valence-corrected chi connectivity index (χ1v) is 6.38. The zero-order valence-corrected chi connectivity index (χ0v) is 11.2. The van der Waals surface area contributed by atoms with Gasteiger partial charge in [0.15, 0.2) is 5.82 Å². The van der Waals surface area contributed by atoms with Crippen molar-refractivity contribution in [3.8, 4) is 17.5 Å². The van der Waals surface area contributed by atoms with Gasteiger partial charge in [-0.3, -0.25) is 0 Å². The first-order valence-electron chi connectivity index (χ1n) is 6.38. The monoisotopic (exact) mass is 297 g/mol. The molecule has 0 unspecified atom stereocenters. The van der Waals surface area contributed by atoms with Crippen molar-refractivity contribution < 1.29 is 8.78 Å².